The van der Waals surface area contributed by atoms with Crippen molar-refractivity contribution in [3.05, 3.63) is 42.1 Å². The molecule has 4 rings (SSSR count). The van der Waals surface area contributed by atoms with Gasteiger partial charge in [-0.05, 0) is 70.0 Å². The Morgan fingerprint density at radius 2 is 1.69 bits per heavy atom. The molecule has 0 amide bonds. The van der Waals surface area contributed by atoms with Gasteiger partial charge in [-0.1, -0.05) is 13.8 Å². The first-order valence-electron chi connectivity index (χ1n) is 12.2. The number of hydrogen-bond acceptors (Lipinski definition) is 7. The van der Waals surface area contributed by atoms with Crippen LogP contribution in [0.5, 0.6) is 0 Å². The number of nitrogens with one attached hydrogen (secondary N) is 2. The van der Waals surface area contributed by atoms with Crippen molar-refractivity contribution in [1.82, 2.24) is 23.8 Å². The number of nitrogens with zero attached hydrogens (tertiary/aromatic N) is 5. The zero-order valence-corrected chi connectivity index (χ0v) is 22.3. The molecule has 0 radical (unpaired) electrons. The Labute approximate surface area is 208 Å². The summed E-state index contributed by atoms with van der Waals surface area (Å²) in [4.78, 5) is 7.50. The third kappa shape index (κ3) is 5.44. The highest BCUT2D eigenvalue weighted by molar-refractivity contribution is 7.89. The topological polar surface area (TPSA) is 94.9 Å². The normalized spacial score (nSPS) is 19.1. The first-order valence-corrected chi connectivity index (χ1v) is 13.6. The van der Waals surface area contributed by atoms with Crippen LogP contribution in [0.15, 0.2) is 41.4 Å². The Morgan fingerprint density at radius 3 is 2.26 bits per heavy atom. The van der Waals surface area contributed by atoms with E-state index in [1.165, 1.54) is 31.2 Å². The number of anilines is 3. The summed E-state index contributed by atoms with van der Waals surface area (Å²) >= 11 is 0. The fourth-order valence-corrected chi connectivity index (χ4v) is 5.47. The van der Waals surface area contributed by atoms with Crippen LogP contribution >= 0.6 is 0 Å². The summed E-state index contributed by atoms with van der Waals surface area (Å²) in [6.45, 7) is 4.27. The Hall–Kier alpha value is -2.69. The molecule has 1 aliphatic rings. The maximum Gasteiger partial charge on any atom is 0.242 e. The van der Waals surface area contributed by atoms with E-state index in [0.29, 0.717) is 12.1 Å². The molecule has 0 atom stereocenters. The molecule has 0 bridgehead atoms. The van der Waals surface area contributed by atoms with Crippen LogP contribution in [0.25, 0.3) is 5.65 Å². The lowest BCUT2D eigenvalue weighted by atomic mass is 9.90. The van der Waals surface area contributed by atoms with Crippen LogP contribution < -0.4 is 10.6 Å². The van der Waals surface area contributed by atoms with Gasteiger partial charge in [0.05, 0.1) is 11.1 Å². The molecule has 1 fully saturated rings. The number of sulfonamides is 1. The van der Waals surface area contributed by atoms with E-state index in [1.807, 2.05) is 16.8 Å². The van der Waals surface area contributed by atoms with Crippen LogP contribution in [0, 0.1) is 0 Å². The molecular weight excluding hydrogens is 462 g/mol. The number of aromatic nitrogens is 3. The number of fused-ring (bicyclic) bond motifs is 1. The number of hydrogen-bond donors (Lipinski definition) is 2. The van der Waals surface area contributed by atoms with Crippen molar-refractivity contribution in [2.24, 2.45) is 0 Å². The molecule has 1 aromatic carbocycles. The highest BCUT2D eigenvalue weighted by Gasteiger charge is 2.23. The van der Waals surface area contributed by atoms with Gasteiger partial charge in [0.15, 0.2) is 5.65 Å². The van der Waals surface area contributed by atoms with E-state index in [-0.39, 0.29) is 10.8 Å². The summed E-state index contributed by atoms with van der Waals surface area (Å²) in [7, 11) is 3.89. The van der Waals surface area contributed by atoms with Crippen LogP contribution in [0.3, 0.4) is 0 Å². The Kier molecular flexibility index (Phi) is 7.35. The summed E-state index contributed by atoms with van der Waals surface area (Å²) in [5.74, 6) is 1.88. The lowest BCUT2D eigenvalue weighted by Crippen LogP contribution is -2.36. The van der Waals surface area contributed by atoms with Gasteiger partial charge in [0.25, 0.3) is 0 Å². The molecule has 2 N–H and O–H groups in total. The largest absolute Gasteiger partial charge is 0.367 e. The second kappa shape index (κ2) is 10.1. The van der Waals surface area contributed by atoms with E-state index in [9.17, 15) is 8.42 Å². The lowest BCUT2D eigenvalue weighted by Gasteiger charge is -2.33. The first kappa shape index (κ1) is 25.4. The molecule has 0 unspecified atom stereocenters. The van der Waals surface area contributed by atoms with Gasteiger partial charge in [-0.2, -0.15) is 9.61 Å². The maximum atomic E-state index is 12.4. The molecule has 9 nitrogen and oxygen atoms in total. The summed E-state index contributed by atoms with van der Waals surface area (Å²) in [6.07, 6.45) is 6.43. The minimum absolute atomic E-state index is 0.254. The zero-order valence-electron chi connectivity index (χ0n) is 21.5. The number of benzene rings is 1. The predicted molar refractivity (Wildman–Crippen MR) is 141 cm³/mol. The summed E-state index contributed by atoms with van der Waals surface area (Å²) in [6, 6.07) is 9.77. The third-order valence-electron chi connectivity index (χ3n) is 6.81. The zero-order chi connectivity index (χ0) is 25.3. The lowest BCUT2D eigenvalue weighted by molar-refractivity contribution is 0.221. The van der Waals surface area contributed by atoms with Crippen molar-refractivity contribution in [2.75, 3.05) is 38.8 Å². The fourth-order valence-electron chi connectivity index (χ4n) is 4.56. The summed E-state index contributed by atoms with van der Waals surface area (Å²) in [5.41, 5.74) is 2.68. The van der Waals surface area contributed by atoms with Gasteiger partial charge < -0.3 is 15.5 Å². The van der Waals surface area contributed by atoms with Gasteiger partial charge in [-0.3, -0.25) is 0 Å². The number of rotatable bonds is 8. The summed E-state index contributed by atoms with van der Waals surface area (Å²) in [5, 5.41) is 11.7. The molecule has 0 spiro atoms. The first-order chi connectivity index (χ1) is 16.6. The van der Waals surface area contributed by atoms with Crippen molar-refractivity contribution >= 4 is 33.0 Å². The van der Waals surface area contributed by atoms with E-state index < -0.39 is 10.0 Å². The highest BCUT2D eigenvalue weighted by atomic mass is 32.2. The third-order valence-corrected chi connectivity index (χ3v) is 8.63. The Morgan fingerprint density at radius 1 is 1.03 bits per heavy atom. The van der Waals surface area contributed by atoms with Crippen molar-refractivity contribution < 1.29 is 8.42 Å². The molecule has 10 heteroatoms. The van der Waals surface area contributed by atoms with E-state index in [2.05, 4.69) is 48.6 Å². The van der Waals surface area contributed by atoms with E-state index in [1.54, 1.807) is 24.3 Å². The van der Waals surface area contributed by atoms with Gasteiger partial charge in [0.2, 0.25) is 10.0 Å². The second-order valence-corrected chi connectivity index (χ2v) is 12.2. The molecule has 2 heterocycles. The molecule has 190 valence electrons. The smallest absolute Gasteiger partial charge is 0.242 e. The molecule has 1 saturated carbocycles. The average Bonchev–Trinajstić information content (AvgIpc) is 3.24. The monoisotopic (exact) mass is 499 g/mol. The molecule has 3 aromatic rings. The maximum absolute atomic E-state index is 12.4. The van der Waals surface area contributed by atoms with Crippen LogP contribution in [0.2, 0.25) is 0 Å². The van der Waals surface area contributed by atoms with Gasteiger partial charge in [-0.25, -0.2) is 17.7 Å². The Bertz CT molecular complexity index is 1260. The molecular formula is C25H37N7O2S. The highest BCUT2D eigenvalue weighted by Crippen LogP contribution is 2.29. The minimum atomic E-state index is -3.47. The predicted octanol–water partition coefficient (Wildman–Crippen LogP) is 4.13. The fraction of sp³-hybridized carbons (Fsp3) is 0.520. The quantitative estimate of drug-likeness (QED) is 0.481. The standard InChI is InChI=1S/C25H37N7O2S/c1-17(2)22-16-26-32-24(28-19-9-13-21(14-10-19)35(33,34)31(5)6)15-23(29-25(22)32)27-18-7-11-20(12-8-18)30(3)4/h9-10,13-18,20,28H,7-8,11-12H2,1-6H3,(H,27,29)/t18-,20-. The van der Waals surface area contributed by atoms with Gasteiger partial charge in [0.1, 0.15) is 11.6 Å². The van der Waals surface area contributed by atoms with Gasteiger partial charge >= 0.3 is 0 Å². The van der Waals surface area contributed by atoms with Crippen molar-refractivity contribution in [2.45, 2.75) is 62.4 Å². The van der Waals surface area contributed by atoms with Crippen LogP contribution in [-0.4, -0.2) is 72.5 Å². The van der Waals surface area contributed by atoms with Crippen LogP contribution in [-0.2, 0) is 10.0 Å². The van der Waals surface area contributed by atoms with Gasteiger partial charge in [0, 0.05) is 43.5 Å². The van der Waals surface area contributed by atoms with Crippen molar-refractivity contribution in [1.29, 1.82) is 0 Å². The van der Waals surface area contributed by atoms with Gasteiger partial charge in [-0.15, -0.1) is 0 Å². The second-order valence-electron chi connectivity index (χ2n) is 10.1. The Balaban J connectivity index is 1.62. The van der Waals surface area contributed by atoms with E-state index in [4.69, 9.17) is 4.98 Å². The molecule has 0 aliphatic heterocycles. The molecule has 35 heavy (non-hydrogen) atoms. The minimum Gasteiger partial charge on any atom is -0.367 e. The molecule has 2 aromatic heterocycles. The van der Waals surface area contributed by atoms with E-state index >= 15 is 0 Å². The molecule has 0 saturated heterocycles. The van der Waals surface area contributed by atoms with Crippen LogP contribution in [0.1, 0.15) is 51.0 Å². The van der Waals surface area contributed by atoms with Crippen molar-refractivity contribution in [3.8, 4) is 0 Å². The SMILES string of the molecule is CC(C)c1cnn2c(Nc3ccc(S(=O)(=O)N(C)C)cc3)cc(N[C@H]3CC[C@H](N(C)C)CC3)nc12. The van der Waals surface area contributed by atoms with E-state index in [0.717, 1.165) is 41.4 Å². The van der Waals surface area contributed by atoms with Crippen molar-refractivity contribution in [3.63, 3.8) is 0 Å². The van der Waals surface area contributed by atoms with Crippen LogP contribution in [0.4, 0.5) is 17.3 Å². The average molecular weight is 500 g/mol. The summed E-state index contributed by atoms with van der Waals surface area (Å²) < 4.78 is 27.8. The molecule has 1 aliphatic carbocycles.